The van der Waals surface area contributed by atoms with Gasteiger partial charge in [0.2, 0.25) is 0 Å². The predicted molar refractivity (Wildman–Crippen MR) is 87.2 cm³/mol. The molecule has 17 heteroatoms. The van der Waals surface area contributed by atoms with Crippen LogP contribution < -0.4 is 0 Å². The highest BCUT2D eigenvalue weighted by Gasteiger charge is 2.33. The molecule has 1 unspecified atom stereocenters. The lowest BCUT2D eigenvalue weighted by molar-refractivity contribution is -0.237. The monoisotopic (exact) mass is 538 g/mol. The van der Waals surface area contributed by atoms with Crippen LogP contribution in [0.2, 0.25) is 0 Å². The Balaban J connectivity index is -0.0000000497. The quantitative estimate of drug-likeness (QED) is 0.236. The van der Waals surface area contributed by atoms with E-state index in [1.54, 1.807) is 0 Å². The number of alkyl halides is 14. The second kappa shape index (κ2) is 22.3. The van der Waals surface area contributed by atoms with Crippen LogP contribution in [0.1, 0.15) is 27.7 Å². The van der Waals surface area contributed by atoms with Crippen LogP contribution in [0, 0.1) is 5.92 Å². The molecule has 0 radical (unpaired) electrons. The third-order valence-corrected chi connectivity index (χ3v) is 1.17. The fraction of sp³-hybridized carbons (Fsp3) is 1.00. The minimum atomic E-state index is -5.50. The molecule has 0 spiro atoms. The van der Waals surface area contributed by atoms with Gasteiger partial charge >= 0.3 is 23.3 Å². The molecule has 0 aromatic carbocycles. The van der Waals surface area contributed by atoms with Crippen LogP contribution in [0.4, 0.5) is 48.3 Å². The van der Waals surface area contributed by atoms with E-state index in [0.717, 1.165) is 0 Å². The second-order valence-electron chi connectivity index (χ2n) is 3.01. The van der Waals surface area contributed by atoms with Crippen LogP contribution in [0.15, 0.2) is 0 Å². The normalized spacial score (nSPS) is 11.7. The summed E-state index contributed by atoms with van der Waals surface area (Å²) < 4.78 is 110. The molecule has 1 atom stereocenters. The SMILES string of the molecule is C.CCC(C)C(F)(F)F.ClSCl.FC(Cl)(Cl)Cl.FC(F)(F)F.FC(F)F. The molecule has 0 N–H and O–H groups in total. The zero-order valence-corrected chi connectivity index (χ0v) is 16.4. The molecule has 0 bridgehead atoms. The van der Waals surface area contributed by atoms with Crippen molar-refractivity contribution < 1.29 is 48.3 Å². The van der Waals surface area contributed by atoms with Crippen molar-refractivity contribution in [3.8, 4) is 0 Å². The molecule has 0 saturated heterocycles. The zero-order chi connectivity index (χ0) is 22.1. The molecule has 0 heterocycles. The van der Waals surface area contributed by atoms with Gasteiger partial charge in [-0.2, -0.15) is 30.7 Å². The first-order valence-electron chi connectivity index (χ1n) is 5.02. The molecule has 0 aliphatic heterocycles. The molecule has 0 rings (SSSR count). The summed E-state index contributed by atoms with van der Waals surface area (Å²) in [6, 6.07) is 0. The molecule has 0 aliphatic rings. The van der Waals surface area contributed by atoms with E-state index in [1.165, 1.54) is 13.8 Å². The van der Waals surface area contributed by atoms with Gasteiger partial charge in [0.1, 0.15) is 0 Å². The fourth-order valence-corrected chi connectivity index (χ4v) is 0.231. The molecule has 0 aromatic heterocycles. The summed E-state index contributed by atoms with van der Waals surface area (Å²) in [7, 11) is 10.1. The van der Waals surface area contributed by atoms with Gasteiger partial charge in [-0.3, -0.25) is 0 Å². The van der Waals surface area contributed by atoms with Gasteiger partial charge in [0.25, 0.3) is 0 Å². The summed E-state index contributed by atoms with van der Waals surface area (Å²) in [5.74, 6) is -1.15. The van der Waals surface area contributed by atoms with E-state index < -0.39 is 29.2 Å². The highest BCUT2D eigenvalue weighted by molar-refractivity contribution is 8.38. The van der Waals surface area contributed by atoms with Crippen molar-refractivity contribution in [1.29, 1.82) is 0 Å². The summed E-state index contributed by atoms with van der Waals surface area (Å²) in [5, 5.41) is 0. The van der Waals surface area contributed by atoms with Crippen molar-refractivity contribution in [2.45, 2.75) is 51.0 Å². The number of halogens is 16. The van der Waals surface area contributed by atoms with E-state index in [9.17, 15) is 48.3 Å². The van der Waals surface area contributed by atoms with Gasteiger partial charge in [-0.15, -0.1) is 17.6 Å². The highest BCUT2D eigenvalue weighted by Crippen LogP contribution is 2.27. The summed E-state index contributed by atoms with van der Waals surface area (Å²) in [5.41, 5.74) is 0. The average molecular weight is 541 g/mol. The standard InChI is InChI=1S/C5H9F3.CCl3F.CF4.CHF3.CH4.Cl2S/c1-3-4(2)5(6,7)8;2*2-1(3,4)5;2-1(3)4;;1-3-2/h4H,3H2,1-2H3;;;1H;1H4;. The van der Waals surface area contributed by atoms with Crippen molar-refractivity contribution >= 4 is 66.4 Å². The van der Waals surface area contributed by atoms with E-state index >= 15 is 0 Å². The Morgan fingerprint density at radius 1 is 0.808 bits per heavy atom. The summed E-state index contributed by atoms with van der Waals surface area (Å²) in [6.07, 6.45) is -9.32. The van der Waals surface area contributed by atoms with E-state index in [2.05, 4.69) is 56.2 Å². The van der Waals surface area contributed by atoms with Gasteiger partial charge in [-0.05, 0) is 62.6 Å². The number of hydrogen-bond acceptors (Lipinski definition) is 1. The Hall–Kier alpha value is 1.03. The third-order valence-electron chi connectivity index (χ3n) is 1.17. The molecule has 0 aromatic rings. The molecular formula is C9H14Cl5F11S. The van der Waals surface area contributed by atoms with Crippen molar-refractivity contribution in [3.05, 3.63) is 0 Å². The second-order valence-corrected chi connectivity index (χ2v) is 6.67. The highest BCUT2D eigenvalue weighted by atomic mass is 36.0. The Labute approximate surface area is 171 Å². The van der Waals surface area contributed by atoms with Crippen molar-refractivity contribution in [3.63, 3.8) is 0 Å². The average Bonchev–Trinajstić information content (AvgIpc) is 2.22. The van der Waals surface area contributed by atoms with Crippen molar-refractivity contribution in [1.82, 2.24) is 0 Å². The zero-order valence-electron chi connectivity index (χ0n) is 11.8. The maximum Gasteiger partial charge on any atom is 0.559 e. The molecule has 0 nitrogen and oxygen atoms in total. The Morgan fingerprint density at radius 3 is 0.923 bits per heavy atom. The Kier molecular flexibility index (Phi) is 35.6. The summed E-state index contributed by atoms with van der Waals surface area (Å²) >= 11 is 13.2. The molecular weight excluding hydrogens is 526 g/mol. The van der Waals surface area contributed by atoms with Crippen molar-refractivity contribution in [2.75, 3.05) is 0 Å². The first kappa shape index (κ1) is 41.4. The molecule has 0 fully saturated rings. The molecule has 0 aliphatic carbocycles. The fourth-order valence-electron chi connectivity index (χ4n) is 0.231. The van der Waals surface area contributed by atoms with Crippen molar-refractivity contribution in [2.24, 2.45) is 5.92 Å². The van der Waals surface area contributed by atoms with Gasteiger partial charge in [0.15, 0.2) is 0 Å². The topological polar surface area (TPSA) is 0 Å². The maximum absolute atomic E-state index is 11.4. The molecule has 0 saturated carbocycles. The van der Waals surface area contributed by atoms with Gasteiger partial charge in [-0.25, -0.2) is 0 Å². The van der Waals surface area contributed by atoms with Crippen LogP contribution in [0.5, 0.6) is 0 Å². The summed E-state index contributed by atoms with van der Waals surface area (Å²) in [6.45, 7) is -0.960. The smallest absolute Gasteiger partial charge is 0.189 e. The van der Waals surface area contributed by atoms with E-state index in [4.69, 9.17) is 0 Å². The van der Waals surface area contributed by atoms with Gasteiger partial charge in [0.05, 0.1) is 16.1 Å². The van der Waals surface area contributed by atoms with Gasteiger partial charge < -0.3 is 0 Å². The van der Waals surface area contributed by atoms with Gasteiger partial charge in [-0.1, -0.05) is 21.3 Å². The molecule has 26 heavy (non-hydrogen) atoms. The van der Waals surface area contributed by atoms with Crippen LogP contribution in [0.3, 0.4) is 0 Å². The third kappa shape index (κ3) is 177. The lowest BCUT2D eigenvalue weighted by Crippen LogP contribution is -2.18. The lowest BCUT2D eigenvalue weighted by Gasteiger charge is -2.11. The number of hydrogen-bond donors (Lipinski definition) is 0. The summed E-state index contributed by atoms with van der Waals surface area (Å²) in [4.78, 5) is 0. The van der Waals surface area contributed by atoms with Crippen LogP contribution >= 0.6 is 66.4 Å². The Bertz CT molecular complexity index is 231. The number of rotatable bonds is 1. The van der Waals surface area contributed by atoms with E-state index in [1.807, 2.05) is 0 Å². The van der Waals surface area contributed by atoms with Crippen LogP contribution in [0.25, 0.3) is 0 Å². The first-order valence-corrected chi connectivity index (χ1v) is 8.63. The first-order chi connectivity index (χ1) is 10.6. The van der Waals surface area contributed by atoms with E-state index in [-0.39, 0.29) is 13.8 Å². The molecule has 0 amide bonds. The Morgan fingerprint density at radius 2 is 0.923 bits per heavy atom. The molecule has 168 valence electrons. The maximum atomic E-state index is 11.4. The minimum absolute atomic E-state index is 0. The largest absolute Gasteiger partial charge is 0.559 e. The van der Waals surface area contributed by atoms with Crippen LogP contribution in [-0.4, -0.2) is 23.3 Å². The lowest BCUT2D eigenvalue weighted by atomic mass is 10.1. The van der Waals surface area contributed by atoms with Crippen LogP contribution in [-0.2, 0) is 0 Å². The van der Waals surface area contributed by atoms with E-state index in [0.29, 0.717) is 10.2 Å². The minimum Gasteiger partial charge on any atom is -0.189 e. The predicted octanol–water partition coefficient (Wildman–Crippen LogP) is 10.2. The van der Waals surface area contributed by atoms with Gasteiger partial charge in [0, 0.05) is 0 Å².